The minimum Gasteiger partial charge on any atom is -0.484 e. The molecule has 174 valence electrons. The molecular weight excluding hydrogens is 486 g/mol. The highest BCUT2D eigenvalue weighted by Gasteiger charge is 2.14. The molecule has 0 saturated heterocycles. The Bertz CT molecular complexity index is 1220. The zero-order valence-electron chi connectivity index (χ0n) is 17.3. The fourth-order valence-electron chi connectivity index (χ4n) is 2.58. The van der Waals surface area contributed by atoms with Crippen LogP contribution in [-0.2, 0) is 14.4 Å². The van der Waals surface area contributed by atoms with Gasteiger partial charge in [-0.25, -0.2) is 9.82 Å². The highest BCUT2D eigenvalue weighted by atomic mass is 35.5. The fourth-order valence-corrected chi connectivity index (χ4v) is 3.11. The summed E-state index contributed by atoms with van der Waals surface area (Å²) >= 11 is 11.8. The van der Waals surface area contributed by atoms with Crippen LogP contribution in [0.2, 0.25) is 10.0 Å². The van der Waals surface area contributed by atoms with Gasteiger partial charge >= 0.3 is 11.8 Å². The van der Waals surface area contributed by atoms with Crippen molar-refractivity contribution in [2.75, 3.05) is 17.2 Å². The molecule has 0 saturated carbocycles. The number of ether oxygens (including phenoxy) is 1. The van der Waals surface area contributed by atoms with Gasteiger partial charge in [0.15, 0.2) is 6.61 Å². The lowest BCUT2D eigenvalue weighted by atomic mass is 10.2. The maximum Gasteiger partial charge on any atom is 0.329 e. The van der Waals surface area contributed by atoms with Crippen LogP contribution in [0.3, 0.4) is 0 Å². The van der Waals surface area contributed by atoms with Crippen molar-refractivity contribution in [1.82, 2.24) is 5.43 Å². The van der Waals surface area contributed by atoms with E-state index >= 15 is 0 Å². The van der Waals surface area contributed by atoms with E-state index in [4.69, 9.17) is 27.9 Å². The lowest BCUT2D eigenvalue weighted by Crippen LogP contribution is -2.32. The van der Waals surface area contributed by atoms with Crippen LogP contribution < -0.4 is 20.8 Å². The lowest BCUT2D eigenvalue weighted by molar-refractivity contribution is -0.136. The summed E-state index contributed by atoms with van der Waals surface area (Å²) in [5.41, 5.74) is 2.96. The lowest BCUT2D eigenvalue weighted by Gasteiger charge is -2.08. The summed E-state index contributed by atoms with van der Waals surface area (Å²) in [5, 5.41) is 9.24. The van der Waals surface area contributed by atoms with Crippen LogP contribution in [0.1, 0.15) is 5.56 Å². The van der Waals surface area contributed by atoms with Gasteiger partial charge in [0.1, 0.15) is 11.6 Å². The summed E-state index contributed by atoms with van der Waals surface area (Å²) in [6, 6.07) is 16.6. The Morgan fingerprint density at radius 2 is 1.59 bits per heavy atom. The van der Waals surface area contributed by atoms with Crippen molar-refractivity contribution < 1.29 is 23.5 Å². The first kappa shape index (κ1) is 24.7. The van der Waals surface area contributed by atoms with Crippen molar-refractivity contribution in [3.63, 3.8) is 0 Å². The molecule has 0 aliphatic heterocycles. The van der Waals surface area contributed by atoms with Gasteiger partial charge in [-0.1, -0.05) is 35.3 Å². The molecule has 0 bridgehead atoms. The molecule has 11 heteroatoms. The Balaban J connectivity index is 1.44. The Kier molecular flexibility index (Phi) is 8.55. The molecule has 0 aliphatic carbocycles. The minimum absolute atomic E-state index is 0.118. The second-order valence-corrected chi connectivity index (χ2v) is 7.57. The molecule has 8 nitrogen and oxygen atoms in total. The maximum atomic E-state index is 13.5. The smallest absolute Gasteiger partial charge is 0.329 e. The van der Waals surface area contributed by atoms with Gasteiger partial charge in [0, 0.05) is 15.7 Å². The summed E-state index contributed by atoms with van der Waals surface area (Å²) in [6.45, 7) is -0.245. The molecule has 34 heavy (non-hydrogen) atoms. The molecule has 0 aliphatic rings. The second kappa shape index (κ2) is 11.8. The average molecular weight is 503 g/mol. The van der Waals surface area contributed by atoms with Crippen LogP contribution in [0.5, 0.6) is 5.75 Å². The van der Waals surface area contributed by atoms with E-state index in [9.17, 15) is 18.8 Å². The molecule has 0 spiro atoms. The first-order valence-corrected chi connectivity index (χ1v) is 10.4. The number of rotatable bonds is 7. The Labute approximate surface area is 203 Å². The topological polar surface area (TPSA) is 109 Å². The Hall–Kier alpha value is -3.95. The third-order valence-electron chi connectivity index (χ3n) is 4.10. The van der Waals surface area contributed by atoms with Gasteiger partial charge < -0.3 is 15.4 Å². The minimum atomic E-state index is -1.07. The van der Waals surface area contributed by atoms with Gasteiger partial charge in [-0.2, -0.15) is 5.10 Å². The van der Waals surface area contributed by atoms with E-state index in [2.05, 4.69) is 15.7 Å². The van der Waals surface area contributed by atoms with E-state index in [1.54, 1.807) is 42.5 Å². The van der Waals surface area contributed by atoms with Crippen molar-refractivity contribution in [3.05, 3.63) is 88.2 Å². The summed E-state index contributed by atoms with van der Waals surface area (Å²) in [5.74, 6) is -2.78. The van der Waals surface area contributed by atoms with E-state index in [0.717, 1.165) is 6.07 Å². The quantitative estimate of drug-likeness (QED) is 0.255. The van der Waals surface area contributed by atoms with Gasteiger partial charge in [-0.15, -0.1) is 0 Å². The number of halogens is 3. The van der Waals surface area contributed by atoms with Crippen LogP contribution in [-0.4, -0.2) is 30.5 Å². The number of benzene rings is 3. The molecule has 0 atom stereocenters. The predicted octanol–water partition coefficient (Wildman–Crippen LogP) is 4.24. The predicted molar refractivity (Wildman–Crippen MR) is 128 cm³/mol. The summed E-state index contributed by atoms with van der Waals surface area (Å²) in [6.07, 6.45) is 1.30. The zero-order valence-corrected chi connectivity index (χ0v) is 18.9. The molecule has 3 amide bonds. The monoisotopic (exact) mass is 502 g/mol. The number of hydrogen-bond donors (Lipinski definition) is 3. The SMILES string of the molecule is O=C(COc1ccc(/C=N\NC(=O)C(=O)Nc2ccccc2F)cc1)Nc1cc(Cl)cc(Cl)c1. The van der Waals surface area contributed by atoms with Crippen molar-refractivity contribution in [3.8, 4) is 5.75 Å². The van der Waals surface area contributed by atoms with Gasteiger partial charge in [0.05, 0.1) is 11.9 Å². The number of para-hydroxylation sites is 1. The van der Waals surface area contributed by atoms with E-state index in [-0.39, 0.29) is 12.3 Å². The number of carbonyl (C=O) groups is 3. The van der Waals surface area contributed by atoms with E-state index in [1.165, 1.54) is 24.4 Å². The van der Waals surface area contributed by atoms with Crippen molar-refractivity contribution >= 4 is 58.5 Å². The molecule has 3 aromatic carbocycles. The molecule has 3 aromatic rings. The van der Waals surface area contributed by atoms with E-state index in [0.29, 0.717) is 27.0 Å². The van der Waals surface area contributed by atoms with Crippen LogP contribution in [0.15, 0.2) is 71.8 Å². The number of carbonyl (C=O) groups excluding carboxylic acids is 3. The van der Waals surface area contributed by atoms with E-state index < -0.39 is 23.5 Å². The van der Waals surface area contributed by atoms with Gasteiger partial charge in [0.25, 0.3) is 5.91 Å². The third-order valence-corrected chi connectivity index (χ3v) is 4.54. The molecular formula is C23H17Cl2FN4O4. The zero-order chi connectivity index (χ0) is 24.5. The molecule has 0 unspecified atom stereocenters. The number of nitrogens with one attached hydrogen (secondary N) is 3. The fraction of sp³-hybridized carbons (Fsp3) is 0.0435. The first-order valence-electron chi connectivity index (χ1n) is 9.68. The summed E-state index contributed by atoms with van der Waals surface area (Å²) in [4.78, 5) is 35.6. The van der Waals surface area contributed by atoms with Gasteiger partial charge in [0.2, 0.25) is 0 Å². The largest absolute Gasteiger partial charge is 0.484 e. The van der Waals surface area contributed by atoms with Crippen LogP contribution in [0.4, 0.5) is 15.8 Å². The van der Waals surface area contributed by atoms with Crippen molar-refractivity contribution in [1.29, 1.82) is 0 Å². The third kappa shape index (κ3) is 7.58. The molecule has 0 radical (unpaired) electrons. The van der Waals surface area contributed by atoms with Gasteiger partial charge in [-0.05, 0) is 60.2 Å². The average Bonchev–Trinajstić information content (AvgIpc) is 2.79. The Morgan fingerprint density at radius 3 is 2.26 bits per heavy atom. The number of amides is 3. The maximum absolute atomic E-state index is 13.5. The first-order chi connectivity index (χ1) is 16.3. The molecule has 0 aromatic heterocycles. The van der Waals surface area contributed by atoms with Crippen molar-refractivity contribution in [2.24, 2.45) is 5.10 Å². The highest BCUT2D eigenvalue weighted by molar-refractivity contribution is 6.39. The molecule has 0 fully saturated rings. The normalized spacial score (nSPS) is 10.6. The van der Waals surface area contributed by atoms with E-state index in [1.807, 2.05) is 5.43 Å². The number of hydrazone groups is 1. The molecule has 3 N–H and O–H groups in total. The Morgan fingerprint density at radius 1 is 0.912 bits per heavy atom. The molecule has 0 heterocycles. The van der Waals surface area contributed by atoms with Crippen LogP contribution in [0, 0.1) is 5.82 Å². The summed E-state index contributed by atoms with van der Waals surface area (Å²) < 4.78 is 18.9. The highest BCUT2D eigenvalue weighted by Crippen LogP contribution is 2.22. The van der Waals surface area contributed by atoms with Crippen molar-refractivity contribution in [2.45, 2.75) is 0 Å². The molecule has 3 rings (SSSR count). The van der Waals surface area contributed by atoms with Gasteiger partial charge in [-0.3, -0.25) is 14.4 Å². The van der Waals surface area contributed by atoms with Crippen LogP contribution >= 0.6 is 23.2 Å². The number of hydrogen-bond acceptors (Lipinski definition) is 5. The number of nitrogens with zero attached hydrogens (tertiary/aromatic N) is 1. The standard InChI is InChI=1S/C23H17Cl2FN4O4/c24-15-9-16(25)11-17(10-15)28-21(31)13-34-18-7-5-14(6-8-18)12-27-30-23(33)22(32)29-20-4-2-1-3-19(20)26/h1-12H,13H2,(H,28,31)(H,29,32)(H,30,33)/b27-12-. The van der Waals surface area contributed by atoms with Crippen LogP contribution in [0.25, 0.3) is 0 Å². The second-order valence-electron chi connectivity index (χ2n) is 6.70. The number of anilines is 2. The summed E-state index contributed by atoms with van der Waals surface area (Å²) in [7, 11) is 0.